The predicted octanol–water partition coefficient (Wildman–Crippen LogP) is 0.740. The Hall–Kier alpha value is -2.32. The van der Waals surface area contributed by atoms with Crippen LogP contribution in [0, 0.1) is 0 Å². The normalized spacial score (nSPS) is 11.9. The molecule has 2 aromatic rings. The van der Waals surface area contributed by atoms with Crippen LogP contribution in [0.15, 0.2) is 16.9 Å². The maximum Gasteiger partial charge on any atom is 0.433 e. The van der Waals surface area contributed by atoms with E-state index in [0.717, 1.165) is 6.07 Å². The summed E-state index contributed by atoms with van der Waals surface area (Å²) in [6.07, 6.45) is -4.76. The Bertz CT molecular complexity index is 655. The Kier molecular flexibility index (Phi) is 2.19. The standard InChI is InChI=1S/C8H4F3N3O3/c9-8(10,11)4-2-6(15)14-5(12-4)1-3(13-14)7(16)17/h1-2,13H,(H,16,17). The van der Waals surface area contributed by atoms with Gasteiger partial charge in [0, 0.05) is 12.1 Å². The van der Waals surface area contributed by atoms with Gasteiger partial charge < -0.3 is 5.11 Å². The first kappa shape index (κ1) is 11.2. The maximum absolute atomic E-state index is 12.3. The summed E-state index contributed by atoms with van der Waals surface area (Å²) in [7, 11) is 0. The maximum atomic E-state index is 12.3. The molecule has 0 aliphatic carbocycles. The Morgan fingerprint density at radius 3 is 2.59 bits per heavy atom. The second-order valence-corrected chi connectivity index (χ2v) is 3.15. The monoisotopic (exact) mass is 247 g/mol. The molecule has 2 heterocycles. The van der Waals surface area contributed by atoms with Gasteiger partial charge in [-0.2, -0.15) is 13.2 Å². The molecule has 0 aliphatic rings. The summed E-state index contributed by atoms with van der Waals surface area (Å²) in [5.74, 6) is -1.40. The fraction of sp³-hybridized carbons (Fsp3) is 0.125. The van der Waals surface area contributed by atoms with Crippen LogP contribution in [0.25, 0.3) is 5.65 Å². The number of halogens is 3. The molecule has 0 spiro atoms. The van der Waals surface area contributed by atoms with Crippen LogP contribution >= 0.6 is 0 Å². The molecular weight excluding hydrogens is 243 g/mol. The van der Waals surface area contributed by atoms with Gasteiger partial charge >= 0.3 is 12.1 Å². The van der Waals surface area contributed by atoms with E-state index in [1.807, 2.05) is 0 Å². The molecule has 0 saturated heterocycles. The number of aromatic amines is 1. The van der Waals surface area contributed by atoms with Gasteiger partial charge in [0.1, 0.15) is 5.69 Å². The minimum absolute atomic E-state index is 0.287. The molecule has 6 nitrogen and oxygen atoms in total. The molecule has 17 heavy (non-hydrogen) atoms. The zero-order valence-electron chi connectivity index (χ0n) is 7.95. The van der Waals surface area contributed by atoms with Gasteiger partial charge in [-0.1, -0.05) is 0 Å². The van der Waals surface area contributed by atoms with Crippen molar-refractivity contribution in [2.75, 3.05) is 0 Å². The molecule has 0 bridgehead atoms. The lowest BCUT2D eigenvalue weighted by Gasteiger charge is -2.04. The number of H-pyrrole nitrogens is 1. The van der Waals surface area contributed by atoms with E-state index in [0.29, 0.717) is 4.52 Å². The Morgan fingerprint density at radius 1 is 1.41 bits per heavy atom. The van der Waals surface area contributed by atoms with Crippen LogP contribution in [0.5, 0.6) is 0 Å². The summed E-state index contributed by atoms with van der Waals surface area (Å²) in [5, 5.41) is 10.7. The van der Waals surface area contributed by atoms with Gasteiger partial charge in [0.25, 0.3) is 5.56 Å². The molecule has 2 N–H and O–H groups in total. The molecule has 0 fully saturated rings. The highest BCUT2D eigenvalue weighted by Gasteiger charge is 2.33. The molecule has 90 valence electrons. The fourth-order valence-corrected chi connectivity index (χ4v) is 1.25. The van der Waals surface area contributed by atoms with Crippen LogP contribution in [0.4, 0.5) is 13.2 Å². The molecule has 0 aromatic carbocycles. The van der Waals surface area contributed by atoms with Gasteiger partial charge in [0.05, 0.1) is 0 Å². The molecular formula is C8H4F3N3O3. The van der Waals surface area contributed by atoms with E-state index < -0.39 is 34.7 Å². The van der Waals surface area contributed by atoms with E-state index >= 15 is 0 Å². The highest BCUT2D eigenvalue weighted by atomic mass is 19.4. The SMILES string of the molecule is O=C(O)c1cc2nc(C(F)(F)F)cc(=O)n2[nH]1. The third kappa shape index (κ3) is 1.86. The first-order chi connectivity index (χ1) is 7.79. The number of aromatic nitrogens is 3. The molecule has 0 unspecified atom stereocenters. The van der Waals surface area contributed by atoms with Gasteiger partial charge in [-0.3, -0.25) is 9.89 Å². The zero-order valence-corrected chi connectivity index (χ0v) is 7.95. The van der Waals surface area contributed by atoms with Crippen molar-refractivity contribution in [3.63, 3.8) is 0 Å². The number of carboxylic acids is 1. The molecule has 0 saturated carbocycles. The lowest BCUT2D eigenvalue weighted by atomic mass is 10.4. The number of carbonyl (C=O) groups is 1. The van der Waals surface area contributed by atoms with E-state index in [1.165, 1.54) is 0 Å². The molecule has 2 rings (SSSR count). The first-order valence-electron chi connectivity index (χ1n) is 4.22. The van der Waals surface area contributed by atoms with Crippen molar-refractivity contribution in [1.82, 2.24) is 14.6 Å². The van der Waals surface area contributed by atoms with Crippen molar-refractivity contribution in [2.45, 2.75) is 6.18 Å². The molecule has 0 atom stereocenters. The third-order valence-electron chi connectivity index (χ3n) is 1.97. The Morgan fingerprint density at radius 2 is 2.06 bits per heavy atom. The minimum Gasteiger partial charge on any atom is -0.477 e. The average Bonchev–Trinajstić information content (AvgIpc) is 2.60. The fourth-order valence-electron chi connectivity index (χ4n) is 1.25. The van der Waals surface area contributed by atoms with Crippen LogP contribution < -0.4 is 5.56 Å². The summed E-state index contributed by atoms with van der Waals surface area (Å²) >= 11 is 0. The van der Waals surface area contributed by atoms with Crippen LogP contribution in [-0.4, -0.2) is 25.7 Å². The van der Waals surface area contributed by atoms with Crippen molar-refractivity contribution < 1.29 is 23.1 Å². The van der Waals surface area contributed by atoms with E-state index in [9.17, 15) is 22.8 Å². The van der Waals surface area contributed by atoms with E-state index in [2.05, 4.69) is 10.1 Å². The highest BCUT2D eigenvalue weighted by Crippen LogP contribution is 2.26. The molecule has 0 aliphatic heterocycles. The summed E-state index contributed by atoms with van der Waals surface area (Å²) in [4.78, 5) is 25.0. The number of hydrogen-bond acceptors (Lipinski definition) is 3. The summed E-state index contributed by atoms with van der Waals surface area (Å²) in [6.45, 7) is 0. The Labute approximate surface area is 90.3 Å². The van der Waals surface area contributed by atoms with Crippen molar-refractivity contribution >= 4 is 11.6 Å². The minimum atomic E-state index is -4.76. The molecule has 0 radical (unpaired) electrons. The number of aromatic carboxylic acids is 1. The summed E-state index contributed by atoms with van der Waals surface area (Å²) in [6, 6.07) is 1.13. The number of rotatable bonds is 1. The van der Waals surface area contributed by atoms with Gasteiger partial charge in [0.2, 0.25) is 0 Å². The van der Waals surface area contributed by atoms with Gasteiger partial charge in [0.15, 0.2) is 11.3 Å². The van der Waals surface area contributed by atoms with E-state index in [4.69, 9.17) is 5.11 Å². The summed E-state index contributed by atoms with van der Waals surface area (Å²) < 4.78 is 37.6. The number of fused-ring (bicyclic) bond motifs is 1. The van der Waals surface area contributed by atoms with Crippen molar-refractivity contribution in [2.24, 2.45) is 0 Å². The smallest absolute Gasteiger partial charge is 0.433 e. The number of nitrogens with zero attached hydrogens (tertiary/aromatic N) is 2. The number of nitrogens with one attached hydrogen (secondary N) is 1. The van der Waals surface area contributed by atoms with Gasteiger partial charge in [-0.05, 0) is 0 Å². The van der Waals surface area contributed by atoms with Crippen LogP contribution in [0.3, 0.4) is 0 Å². The average molecular weight is 247 g/mol. The van der Waals surface area contributed by atoms with Crippen LogP contribution in [0.1, 0.15) is 16.2 Å². The van der Waals surface area contributed by atoms with Crippen molar-refractivity contribution in [1.29, 1.82) is 0 Å². The quantitative estimate of drug-likeness (QED) is 0.777. The number of alkyl halides is 3. The number of carboxylic acid groups (broad SMARTS) is 1. The Balaban J connectivity index is 2.74. The zero-order chi connectivity index (χ0) is 12.8. The van der Waals surface area contributed by atoms with Gasteiger partial charge in [-0.25, -0.2) is 14.3 Å². The molecule has 0 amide bonds. The van der Waals surface area contributed by atoms with Crippen LogP contribution in [-0.2, 0) is 6.18 Å². The predicted molar refractivity (Wildman–Crippen MR) is 47.8 cm³/mol. The van der Waals surface area contributed by atoms with Crippen LogP contribution in [0.2, 0.25) is 0 Å². The van der Waals surface area contributed by atoms with E-state index in [1.54, 1.807) is 0 Å². The lowest BCUT2D eigenvalue weighted by molar-refractivity contribution is -0.141. The third-order valence-corrected chi connectivity index (χ3v) is 1.97. The van der Waals surface area contributed by atoms with Crippen molar-refractivity contribution in [3.05, 3.63) is 33.9 Å². The second-order valence-electron chi connectivity index (χ2n) is 3.15. The first-order valence-corrected chi connectivity index (χ1v) is 4.22. The largest absolute Gasteiger partial charge is 0.477 e. The van der Waals surface area contributed by atoms with E-state index in [-0.39, 0.29) is 6.07 Å². The summed E-state index contributed by atoms with van der Waals surface area (Å²) in [5.41, 5.74) is -3.22. The number of hydrogen-bond donors (Lipinski definition) is 2. The lowest BCUT2D eigenvalue weighted by Crippen LogP contribution is -2.20. The molecule has 9 heteroatoms. The van der Waals surface area contributed by atoms with Crippen molar-refractivity contribution in [3.8, 4) is 0 Å². The van der Waals surface area contributed by atoms with Gasteiger partial charge in [-0.15, -0.1) is 0 Å². The highest BCUT2D eigenvalue weighted by molar-refractivity contribution is 5.86. The molecule has 2 aromatic heterocycles. The second kappa shape index (κ2) is 3.34. The topological polar surface area (TPSA) is 87.5 Å².